The number of aryl methyl sites for hydroxylation is 1. The van der Waals surface area contributed by atoms with E-state index in [-0.39, 0.29) is 0 Å². The van der Waals surface area contributed by atoms with Crippen molar-refractivity contribution in [2.24, 2.45) is 5.41 Å². The number of hydrogen-bond donors (Lipinski definition) is 1. The van der Waals surface area contributed by atoms with Crippen molar-refractivity contribution >= 4 is 0 Å². The SMILES string of the molecule is CCNC(CCC(C)(C)C)Cc1ccccc1C. The molecule has 1 atom stereocenters. The standard InChI is InChI=1S/C17H29N/c1-6-18-16(11-12-17(3,4)5)13-15-10-8-7-9-14(15)2/h7-10,16,18H,6,11-13H2,1-5H3. The first kappa shape index (κ1) is 15.2. The predicted octanol–water partition coefficient (Wildman–Crippen LogP) is 4.34. The van der Waals surface area contributed by atoms with Gasteiger partial charge in [0, 0.05) is 6.04 Å². The van der Waals surface area contributed by atoms with E-state index in [1.807, 2.05) is 0 Å². The summed E-state index contributed by atoms with van der Waals surface area (Å²) in [5.74, 6) is 0. The maximum absolute atomic E-state index is 3.63. The highest BCUT2D eigenvalue weighted by Crippen LogP contribution is 2.23. The first-order valence-electron chi connectivity index (χ1n) is 7.20. The first-order valence-corrected chi connectivity index (χ1v) is 7.20. The molecule has 1 aromatic carbocycles. The van der Waals surface area contributed by atoms with E-state index in [2.05, 4.69) is 64.2 Å². The molecule has 0 radical (unpaired) electrons. The second kappa shape index (κ2) is 6.94. The number of hydrogen-bond acceptors (Lipinski definition) is 1. The van der Waals surface area contributed by atoms with Crippen LogP contribution in [0, 0.1) is 12.3 Å². The van der Waals surface area contributed by atoms with Crippen LogP contribution in [0.25, 0.3) is 0 Å². The summed E-state index contributed by atoms with van der Waals surface area (Å²) in [5, 5.41) is 3.63. The Bertz CT molecular complexity index is 349. The maximum Gasteiger partial charge on any atom is 0.0108 e. The summed E-state index contributed by atoms with van der Waals surface area (Å²) in [7, 11) is 0. The molecule has 18 heavy (non-hydrogen) atoms. The van der Waals surface area contributed by atoms with E-state index in [9.17, 15) is 0 Å². The largest absolute Gasteiger partial charge is 0.314 e. The van der Waals surface area contributed by atoms with Crippen molar-refractivity contribution in [3.05, 3.63) is 35.4 Å². The zero-order valence-electron chi connectivity index (χ0n) is 12.7. The smallest absolute Gasteiger partial charge is 0.0108 e. The molecule has 1 N–H and O–H groups in total. The van der Waals surface area contributed by atoms with Gasteiger partial charge in [0.25, 0.3) is 0 Å². The summed E-state index contributed by atoms with van der Waals surface area (Å²) in [4.78, 5) is 0. The number of benzene rings is 1. The van der Waals surface area contributed by atoms with Crippen molar-refractivity contribution in [2.45, 2.75) is 59.9 Å². The van der Waals surface area contributed by atoms with Crippen molar-refractivity contribution in [1.82, 2.24) is 5.32 Å². The summed E-state index contributed by atoms with van der Waals surface area (Å²) < 4.78 is 0. The molecule has 0 aliphatic heterocycles. The molecule has 102 valence electrons. The lowest BCUT2D eigenvalue weighted by Gasteiger charge is -2.24. The van der Waals surface area contributed by atoms with Gasteiger partial charge in [-0.2, -0.15) is 0 Å². The third kappa shape index (κ3) is 5.68. The highest BCUT2D eigenvalue weighted by atomic mass is 14.9. The molecule has 1 heteroatoms. The van der Waals surface area contributed by atoms with Gasteiger partial charge >= 0.3 is 0 Å². The minimum atomic E-state index is 0.430. The molecule has 0 bridgehead atoms. The molecule has 0 heterocycles. The highest BCUT2D eigenvalue weighted by Gasteiger charge is 2.15. The lowest BCUT2D eigenvalue weighted by Crippen LogP contribution is -2.32. The van der Waals surface area contributed by atoms with E-state index >= 15 is 0 Å². The predicted molar refractivity (Wildman–Crippen MR) is 81.0 cm³/mol. The highest BCUT2D eigenvalue weighted by molar-refractivity contribution is 5.26. The van der Waals surface area contributed by atoms with Crippen LogP contribution in [0.15, 0.2) is 24.3 Å². The van der Waals surface area contributed by atoms with Crippen LogP contribution in [0.5, 0.6) is 0 Å². The van der Waals surface area contributed by atoms with Crippen LogP contribution in [0.2, 0.25) is 0 Å². The van der Waals surface area contributed by atoms with E-state index in [0.717, 1.165) is 13.0 Å². The third-order valence-electron chi connectivity index (χ3n) is 3.46. The van der Waals surface area contributed by atoms with Crippen LogP contribution in [0.4, 0.5) is 0 Å². The Kier molecular flexibility index (Phi) is 5.87. The van der Waals surface area contributed by atoms with Crippen LogP contribution in [0.1, 0.15) is 51.7 Å². The van der Waals surface area contributed by atoms with Gasteiger partial charge in [0.1, 0.15) is 0 Å². The van der Waals surface area contributed by atoms with Crippen LogP contribution < -0.4 is 5.32 Å². The van der Waals surface area contributed by atoms with Gasteiger partial charge < -0.3 is 5.32 Å². The second-order valence-corrected chi connectivity index (χ2v) is 6.48. The first-order chi connectivity index (χ1) is 8.42. The monoisotopic (exact) mass is 247 g/mol. The Morgan fingerprint density at radius 2 is 1.83 bits per heavy atom. The van der Waals surface area contributed by atoms with Gasteiger partial charge in [-0.05, 0) is 49.3 Å². The molecule has 0 aromatic heterocycles. The minimum Gasteiger partial charge on any atom is -0.314 e. The zero-order chi connectivity index (χ0) is 13.6. The number of likely N-dealkylation sites (N-methyl/N-ethyl adjacent to an activating group) is 1. The van der Waals surface area contributed by atoms with E-state index in [4.69, 9.17) is 0 Å². The Balaban J connectivity index is 2.60. The van der Waals surface area contributed by atoms with Crippen molar-refractivity contribution in [3.63, 3.8) is 0 Å². The van der Waals surface area contributed by atoms with Crippen molar-refractivity contribution in [3.8, 4) is 0 Å². The molecular weight excluding hydrogens is 218 g/mol. The molecule has 1 aromatic rings. The molecule has 0 saturated heterocycles. The second-order valence-electron chi connectivity index (χ2n) is 6.48. The Labute approximate surface area is 113 Å². The van der Waals surface area contributed by atoms with E-state index in [1.165, 1.54) is 24.0 Å². The average molecular weight is 247 g/mol. The van der Waals surface area contributed by atoms with Gasteiger partial charge in [-0.25, -0.2) is 0 Å². The van der Waals surface area contributed by atoms with Gasteiger partial charge in [-0.3, -0.25) is 0 Å². The van der Waals surface area contributed by atoms with Crippen molar-refractivity contribution in [2.75, 3.05) is 6.54 Å². The fourth-order valence-electron chi connectivity index (χ4n) is 2.28. The minimum absolute atomic E-state index is 0.430. The maximum atomic E-state index is 3.63. The molecule has 0 saturated carbocycles. The molecule has 0 spiro atoms. The summed E-state index contributed by atoms with van der Waals surface area (Å²) in [6.45, 7) is 12.4. The topological polar surface area (TPSA) is 12.0 Å². The van der Waals surface area contributed by atoms with Gasteiger partial charge in [0.05, 0.1) is 0 Å². The molecule has 0 aliphatic rings. The normalized spacial score (nSPS) is 13.6. The van der Waals surface area contributed by atoms with Crippen LogP contribution >= 0.6 is 0 Å². The molecule has 0 fully saturated rings. The van der Waals surface area contributed by atoms with Gasteiger partial charge in [0.2, 0.25) is 0 Å². The van der Waals surface area contributed by atoms with Crippen LogP contribution in [0.3, 0.4) is 0 Å². The molecule has 0 aliphatic carbocycles. The molecular formula is C17H29N. The van der Waals surface area contributed by atoms with E-state index in [1.54, 1.807) is 0 Å². The van der Waals surface area contributed by atoms with Gasteiger partial charge in [-0.1, -0.05) is 52.0 Å². The van der Waals surface area contributed by atoms with Crippen LogP contribution in [-0.2, 0) is 6.42 Å². The van der Waals surface area contributed by atoms with Crippen LogP contribution in [-0.4, -0.2) is 12.6 Å². The average Bonchev–Trinajstić information content (AvgIpc) is 2.28. The summed E-state index contributed by atoms with van der Waals surface area (Å²) in [6, 6.07) is 9.35. The third-order valence-corrected chi connectivity index (χ3v) is 3.46. The molecule has 0 amide bonds. The van der Waals surface area contributed by atoms with E-state index in [0.29, 0.717) is 11.5 Å². The lowest BCUT2D eigenvalue weighted by molar-refractivity contribution is 0.330. The fraction of sp³-hybridized carbons (Fsp3) is 0.647. The van der Waals surface area contributed by atoms with Gasteiger partial charge in [-0.15, -0.1) is 0 Å². The lowest BCUT2D eigenvalue weighted by atomic mass is 9.87. The number of rotatable bonds is 6. The fourth-order valence-corrected chi connectivity index (χ4v) is 2.28. The zero-order valence-corrected chi connectivity index (χ0v) is 12.7. The molecule has 1 unspecified atom stereocenters. The Morgan fingerprint density at radius 3 is 2.39 bits per heavy atom. The summed E-state index contributed by atoms with van der Waals surface area (Å²) >= 11 is 0. The van der Waals surface area contributed by atoms with Crippen molar-refractivity contribution < 1.29 is 0 Å². The number of nitrogens with one attached hydrogen (secondary N) is 1. The summed E-state index contributed by atoms with van der Waals surface area (Å²) in [6.07, 6.45) is 3.68. The molecule has 1 rings (SSSR count). The Hall–Kier alpha value is -0.820. The summed E-state index contributed by atoms with van der Waals surface area (Å²) in [5.41, 5.74) is 3.33. The quantitative estimate of drug-likeness (QED) is 0.788. The van der Waals surface area contributed by atoms with E-state index < -0.39 is 0 Å². The van der Waals surface area contributed by atoms with Crippen molar-refractivity contribution in [1.29, 1.82) is 0 Å². The van der Waals surface area contributed by atoms with Gasteiger partial charge in [0.15, 0.2) is 0 Å². The Morgan fingerprint density at radius 1 is 1.17 bits per heavy atom. The molecule has 1 nitrogen and oxygen atoms in total.